The van der Waals surface area contributed by atoms with E-state index in [0.717, 1.165) is 4.90 Å². The average Bonchev–Trinajstić information content (AvgIpc) is 3.20. The van der Waals surface area contributed by atoms with Crippen molar-refractivity contribution in [1.82, 2.24) is 10.2 Å². The summed E-state index contributed by atoms with van der Waals surface area (Å²) in [6.45, 7) is 1.27. The molecule has 0 saturated carbocycles. The number of benzene rings is 2. The summed E-state index contributed by atoms with van der Waals surface area (Å²) in [7, 11) is 0. The maximum atomic E-state index is 12.9. The Morgan fingerprint density at radius 2 is 2.00 bits per heavy atom. The zero-order valence-electron chi connectivity index (χ0n) is 14.8. The summed E-state index contributed by atoms with van der Waals surface area (Å²) in [5, 5.41) is 5.74. The van der Waals surface area contributed by atoms with E-state index >= 15 is 0 Å². The number of imide groups is 1. The standard InChI is InChI=1S/C19H16ClN3O5/c1-19(11-5-6-14-15(7-11)28-10-27-14)17(25)23(18(26)22-19)9-16(24)21-13-4-2-3-12(20)8-13/h2-8H,9-10H2,1H3,(H,21,24)(H,22,26)/t19-/m0/s1. The van der Waals surface area contributed by atoms with Gasteiger partial charge in [0.15, 0.2) is 11.5 Å². The third-order valence-corrected chi connectivity index (χ3v) is 4.87. The minimum absolute atomic E-state index is 0.103. The van der Waals surface area contributed by atoms with Crippen LogP contribution in [-0.2, 0) is 15.1 Å². The molecule has 1 saturated heterocycles. The average molecular weight is 402 g/mol. The Labute approximate surface area is 165 Å². The number of urea groups is 1. The molecule has 4 amide bonds. The van der Waals surface area contributed by atoms with Gasteiger partial charge in [-0.15, -0.1) is 0 Å². The fraction of sp³-hybridized carbons (Fsp3) is 0.211. The van der Waals surface area contributed by atoms with Crippen LogP contribution in [0.2, 0.25) is 5.02 Å². The van der Waals surface area contributed by atoms with Crippen LogP contribution in [0.25, 0.3) is 0 Å². The number of hydrogen-bond acceptors (Lipinski definition) is 5. The molecular weight excluding hydrogens is 386 g/mol. The first-order chi connectivity index (χ1) is 13.4. The number of rotatable bonds is 4. The van der Waals surface area contributed by atoms with Crippen molar-refractivity contribution < 1.29 is 23.9 Å². The molecule has 4 rings (SSSR count). The number of anilines is 1. The van der Waals surface area contributed by atoms with E-state index in [1.165, 1.54) is 0 Å². The first-order valence-corrected chi connectivity index (χ1v) is 8.84. The molecule has 0 aliphatic carbocycles. The zero-order valence-corrected chi connectivity index (χ0v) is 15.6. The third-order valence-electron chi connectivity index (χ3n) is 4.63. The number of fused-ring (bicyclic) bond motifs is 1. The molecule has 0 radical (unpaired) electrons. The minimum Gasteiger partial charge on any atom is -0.454 e. The Bertz CT molecular complexity index is 995. The molecule has 8 nitrogen and oxygen atoms in total. The van der Waals surface area contributed by atoms with Crippen molar-refractivity contribution in [3.63, 3.8) is 0 Å². The molecule has 2 aromatic carbocycles. The Morgan fingerprint density at radius 1 is 1.21 bits per heavy atom. The first-order valence-electron chi connectivity index (χ1n) is 8.46. The maximum Gasteiger partial charge on any atom is 0.325 e. The highest BCUT2D eigenvalue weighted by Crippen LogP contribution is 2.37. The molecule has 28 heavy (non-hydrogen) atoms. The van der Waals surface area contributed by atoms with E-state index in [1.54, 1.807) is 49.4 Å². The van der Waals surface area contributed by atoms with Crippen LogP contribution in [0.15, 0.2) is 42.5 Å². The summed E-state index contributed by atoms with van der Waals surface area (Å²) < 4.78 is 10.6. The molecule has 144 valence electrons. The van der Waals surface area contributed by atoms with Gasteiger partial charge in [-0.3, -0.25) is 14.5 Å². The molecule has 2 aliphatic rings. The van der Waals surface area contributed by atoms with Gasteiger partial charge in [0.2, 0.25) is 12.7 Å². The fourth-order valence-corrected chi connectivity index (χ4v) is 3.34. The summed E-state index contributed by atoms with van der Waals surface area (Å²) in [5.41, 5.74) is -0.301. The van der Waals surface area contributed by atoms with Crippen molar-refractivity contribution in [2.24, 2.45) is 0 Å². The Morgan fingerprint density at radius 3 is 2.79 bits per heavy atom. The second kappa shape index (κ2) is 6.72. The van der Waals surface area contributed by atoms with Gasteiger partial charge in [0.1, 0.15) is 12.1 Å². The Kier molecular flexibility index (Phi) is 4.35. The van der Waals surface area contributed by atoms with E-state index in [0.29, 0.717) is 27.8 Å². The van der Waals surface area contributed by atoms with Crippen LogP contribution < -0.4 is 20.1 Å². The van der Waals surface area contributed by atoms with Crippen LogP contribution in [0, 0.1) is 0 Å². The molecule has 0 unspecified atom stereocenters. The van der Waals surface area contributed by atoms with Crippen molar-refractivity contribution in [2.45, 2.75) is 12.5 Å². The Balaban J connectivity index is 1.51. The van der Waals surface area contributed by atoms with Crippen LogP contribution in [0.4, 0.5) is 10.5 Å². The van der Waals surface area contributed by atoms with Crippen LogP contribution >= 0.6 is 11.6 Å². The van der Waals surface area contributed by atoms with E-state index in [9.17, 15) is 14.4 Å². The van der Waals surface area contributed by atoms with Crippen molar-refractivity contribution >= 4 is 35.1 Å². The number of nitrogens with one attached hydrogen (secondary N) is 2. The van der Waals surface area contributed by atoms with Gasteiger partial charge >= 0.3 is 6.03 Å². The summed E-state index contributed by atoms with van der Waals surface area (Å²) in [5.74, 6) is 0.0260. The lowest BCUT2D eigenvalue weighted by Crippen LogP contribution is -2.42. The van der Waals surface area contributed by atoms with Crippen molar-refractivity contribution in [3.05, 3.63) is 53.1 Å². The highest BCUT2D eigenvalue weighted by molar-refractivity contribution is 6.30. The van der Waals surface area contributed by atoms with Gasteiger partial charge in [0, 0.05) is 10.7 Å². The minimum atomic E-state index is -1.31. The molecule has 0 bridgehead atoms. The number of amides is 4. The summed E-state index contributed by atoms with van der Waals surface area (Å²) in [4.78, 5) is 38.5. The number of carbonyl (C=O) groups excluding carboxylic acids is 3. The molecule has 1 atom stereocenters. The van der Waals surface area contributed by atoms with E-state index in [1.807, 2.05) is 0 Å². The van der Waals surface area contributed by atoms with Gasteiger partial charge in [0.25, 0.3) is 5.91 Å². The molecule has 2 heterocycles. The SMILES string of the molecule is C[C@@]1(c2ccc3c(c2)OCO3)NC(=O)N(CC(=O)Nc2cccc(Cl)c2)C1=O. The summed E-state index contributed by atoms with van der Waals surface area (Å²) in [6, 6.07) is 10.9. The second-order valence-electron chi connectivity index (χ2n) is 6.57. The third kappa shape index (κ3) is 3.11. The largest absolute Gasteiger partial charge is 0.454 e. The lowest BCUT2D eigenvalue weighted by atomic mass is 9.91. The van der Waals surface area contributed by atoms with E-state index in [4.69, 9.17) is 21.1 Å². The molecule has 9 heteroatoms. The molecule has 0 aromatic heterocycles. The fourth-order valence-electron chi connectivity index (χ4n) is 3.15. The number of carbonyl (C=O) groups is 3. The topological polar surface area (TPSA) is 97.0 Å². The highest BCUT2D eigenvalue weighted by atomic mass is 35.5. The zero-order chi connectivity index (χ0) is 19.9. The van der Waals surface area contributed by atoms with E-state index in [2.05, 4.69) is 10.6 Å². The summed E-state index contributed by atoms with van der Waals surface area (Å²) in [6.07, 6.45) is 0. The Hall–Kier alpha value is -3.26. The molecular formula is C19H16ClN3O5. The number of nitrogens with zero attached hydrogens (tertiary/aromatic N) is 1. The monoisotopic (exact) mass is 401 g/mol. The van der Waals surface area contributed by atoms with Crippen LogP contribution in [-0.4, -0.2) is 36.1 Å². The van der Waals surface area contributed by atoms with Gasteiger partial charge in [-0.05, 0) is 42.8 Å². The smallest absolute Gasteiger partial charge is 0.325 e. The van der Waals surface area contributed by atoms with Crippen molar-refractivity contribution in [1.29, 1.82) is 0 Å². The van der Waals surface area contributed by atoms with Gasteiger partial charge in [-0.1, -0.05) is 23.7 Å². The summed E-state index contributed by atoms with van der Waals surface area (Å²) >= 11 is 5.89. The predicted octanol–water partition coefficient (Wildman–Crippen LogP) is 2.47. The first kappa shape index (κ1) is 18.1. The van der Waals surface area contributed by atoms with E-state index < -0.39 is 29.9 Å². The lowest BCUT2D eigenvalue weighted by molar-refractivity contribution is -0.133. The number of ether oxygens (including phenoxy) is 2. The van der Waals surface area contributed by atoms with Crippen molar-refractivity contribution in [3.8, 4) is 11.5 Å². The second-order valence-corrected chi connectivity index (χ2v) is 7.01. The van der Waals surface area contributed by atoms with Gasteiger partial charge in [0.05, 0.1) is 0 Å². The highest BCUT2D eigenvalue weighted by Gasteiger charge is 2.49. The number of hydrogen-bond donors (Lipinski definition) is 2. The predicted molar refractivity (Wildman–Crippen MR) is 100 cm³/mol. The maximum absolute atomic E-state index is 12.9. The quantitative estimate of drug-likeness (QED) is 0.767. The van der Waals surface area contributed by atoms with E-state index in [-0.39, 0.29) is 6.79 Å². The van der Waals surface area contributed by atoms with Gasteiger partial charge in [-0.25, -0.2) is 4.79 Å². The molecule has 0 spiro atoms. The van der Waals surface area contributed by atoms with Crippen LogP contribution in [0.5, 0.6) is 11.5 Å². The molecule has 2 aliphatic heterocycles. The normalized spacial score (nSPS) is 20.3. The number of halogens is 1. The van der Waals surface area contributed by atoms with Crippen molar-refractivity contribution in [2.75, 3.05) is 18.7 Å². The van der Waals surface area contributed by atoms with Gasteiger partial charge in [-0.2, -0.15) is 0 Å². The van der Waals surface area contributed by atoms with Gasteiger partial charge < -0.3 is 20.1 Å². The molecule has 2 aromatic rings. The molecule has 1 fully saturated rings. The lowest BCUT2D eigenvalue weighted by Gasteiger charge is -2.22. The van der Waals surface area contributed by atoms with Crippen LogP contribution in [0.1, 0.15) is 12.5 Å². The molecule has 2 N–H and O–H groups in total. The van der Waals surface area contributed by atoms with Crippen LogP contribution in [0.3, 0.4) is 0 Å².